The number of ether oxygens (including phenoxy) is 2. The minimum Gasteiger partial charge on any atom is -0.534 e. The molecule has 1 aliphatic rings. The number of hydrogen-bond donors (Lipinski definition) is 2. The highest BCUT2D eigenvalue weighted by atomic mass is 16.7. The molecule has 1 unspecified atom stereocenters. The molecule has 2 aromatic rings. The summed E-state index contributed by atoms with van der Waals surface area (Å²) in [7, 11) is 2.45. The Morgan fingerprint density at radius 3 is 2.73 bits per heavy atom. The van der Waals surface area contributed by atoms with Gasteiger partial charge in [-0.15, -0.1) is 5.10 Å². The van der Waals surface area contributed by atoms with Crippen molar-refractivity contribution in [3.05, 3.63) is 35.2 Å². The molecule has 0 saturated carbocycles. The number of hydrogen-bond acceptors (Lipinski definition) is 11. The van der Waals surface area contributed by atoms with Crippen LogP contribution in [0.3, 0.4) is 0 Å². The minimum absolute atomic E-state index is 0.0709. The zero-order valence-electron chi connectivity index (χ0n) is 21.5. The van der Waals surface area contributed by atoms with Crippen LogP contribution in [0, 0.1) is 5.92 Å². The Morgan fingerprint density at radius 1 is 1.27 bits per heavy atom. The van der Waals surface area contributed by atoms with Gasteiger partial charge in [-0.3, -0.25) is 9.59 Å². The molecule has 1 atom stereocenters. The zero-order valence-corrected chi connectivity index (χ0v) is 21.5. The molecular weight excluding hydrogens is 483 g/mol. The van der Waals surface area contributed by atoms with E-state index in [0.717, 1.165) is 0 Å². The van der Waals surface area contributed by atoms with E-state index in [1.165, 1.54) is 6.07 Å². The van der Waals surface area contributed by atoms with Gasteiger partial charge >= 0.3 is 19.1 Å². The van der Waals surface area contributed by atoms with E-state index < -0.39 is 31.8 Å². The number of carbonyl (C=O) groups is 3. The lowest BCUT2D eigenvalue weighted by molar-refractivity contribution is -0.157. The van der Waals surface area contributed by atoms with Gasteiger partial charge < -0.3 is 29.4 Å². The van der Waals surface area contributed by atoms with Crippen molar-refractivity contribution in [3.63, 3.8) is 0 Å². The molecule has 0 bridgehead atoms. The lowest BCUT2D eigenvalue weighted by Gasteiger charge is -2.29. The molecule has 13 nitrogen and oxygen atoms in total. The Labute approximate surface area is 215 Å². The number of para-hydroxylation sites is 1. The maximum atomic E-state index is 12.7. The molecule has 37 heavy (non-hydrogen) atoms. The summed E-state index contributed by atoms with van der Waals surface area (Å²) in [6, 6.07) is 4.86. The van der Waals surface area contributed by atoms with Gasteiger partial charge in [0.2, 0.25) is 12.7 Å². The molecule has 0 aliphatic carbocycles. The maximum Gasteiger partial charge on any atom is 0.547 e. The molecule has 0 saturated heterocycles. The first-order valence-electron chi connectivity index (χ1n) is 12.2. The summed E-state index contributed by atoms with van der Waals surface area (Å²) < 4.78 is 17.3. The number of carbonyl (C=O) groups excluding carboxylic acids is 3. The Balaban J connectivity index is 1.58. The molecule has 200 valence electrons. The van der Waals surface area contributed by atoms with Crippen LogP contribution in [0.15, 0.2) is 18.2 Å². The van der Waals surface area contributed by atoms with Crippen LogP contribution in [0.1, 0.15) is 48.4 Å². The van der Waals surface area contributed by atoms with Crippen LogP contribution in [0.2, 0.25) is 0 Å². The van der Waals surface area contributed by atoms with Crippen molar-refractivity contribution in [1.29, 1.82) is 0 Å². The summed E-state index contributed by atoms with van der Waals surface area (Å²) >= 11 is 0. The third-order valence-corrected chi connectivity index (χ3v) is 6.08. The number of fused-ring (bicyclic) bond motifs is 1. The van der Waals surface area contributed by atoms with Crippen LogP contribution in [0.5, 0.6) is 5.75 Å². The predicted molar refractivity (Wildman–Crippen MR) is 131 cm³/mol. The molecule has 0 fully saturated rings. The number of aromatic nitrogens is 4. The number of esters is 2. The van der Waals surface area contributed by atoms with E-state index in [4.69, 9.17) is 14.1 Å². The van der Waals surface area contributed by atoms with Crippen molar-refractivity contribution in [1.82, 2.24) is 30.4 Å². The Hall–Kier alpha value is -3.52. The second-order valence-electron chi connectivity index (χ2n) is 9.01. The third-order valence-electron chi connectivity index (χ3n) is 6.08. The smallest absolute Gasteiger partial charge is 0.534 e. The number of likely N-dealkylation sites (N-methyl/N-ethyl adjacent to an activating group) is 1. The SMILES string of the molecule is CCC(CC)C(=O)OCOC(=O)c1cccc2c1OB(O)C(NC(=O)Cc1nnnn1CCN(C)C)C2. The maximum absolute atomic E-state index is 12.7. The first kappa shape index (κ1) is 28.1. The van der Waals surface area contributed by atoms with Crippen LogP contribution in [0.4, 0.5) is 0 Å². The van der Waals surface area contributed by atoms with Crippen molar-refractivity contribution in [3.8, 4) is 5.75 Å². The molecule has 2 N–H and O–H groups in total. The van der Waals surface area contributed by atoms with Gasteiger partial charge in [0.15, 0.2) is 5.82 Å². The van der Waals surface area contributed by atoms with E-state index in [9.17, 15) is 19.4 Å². The number of benzene rings is 1. The third kappa shape index (κ3) is 7.49. The normalized spacial score (nSPS) is 14.8. The topological polar surface area (TPSA) is 158 Å². The second kappa shape index (κ2) is 13.2. The van der Waals surface area contributed by atoms with Gasteiger partial charge in [0.1, 0.15) is 11.3 Å². The fourth-order valence-electron chi connectivity index (χ4n) is 3.89. The molecule has 2 heterocycles. The molecule has 1 amide bonds. The number of nitrogens with one attached hydrogen (secondary N) is 1. The summed E-state index contributed by atoms with van der Waals surface area (Å²) in [6.45, 7) is 4.47. The van der Waals surface area contributed by atoms with Gasteiger partial charge in [0.05, 0.1) is 24.8 Å². The van der Waals surface area contributed by atoms with Crippen LogP contribution in [0.25, 0.3) is 0 Å². The molecule has 0 radical (unpaired) electrons. The van der Waals surface area contributed by atoms with Gasteiger partial charge in [0, 0.05) is 6.54 Å². The van der Waals surface area contributed by atoms with Crippen LogP contribution in [-0.2, 0) is 38.4 Å². The number of tetrazole rings is 1. The standard InChI is InChI=1S/C23H33BN6O7/c1-5-15(6-2)22(32)35-14-36-23(33)17-9-7-8-16-12-18(24(34)37-21(16)17)25-20(31)13-19-26-27-28-30(19)11-10-29(3)4/h7-9,15,18,34H,5-6,10-14H2,1-4H3,(H,25,31). The number of nitrogens with zero attached hydrogens (tertiary/aromatic N) is 5. The second-order valence-corrected chi connectivity index (χ2v) is 9.01. The number of rotatable bonds is 12. The lowest BCUT2D eigenvalue weighted by Crippen LogP contribution is -2.53. The highest BCUT2D eigenvalue weighted by Crippen LogP contribution is 2.30. The van der Waals surface area contributed by atoms with Crippen molar-refractivity contribution >= 4 is 25.0 Å². The summed E-state index contributed by atoms with van der Waals surface area (Å²) in [4.78, 5) is 39.2. The molecule has 1 aromatic heterocycles. The van der Waals surface area contributed by atoms with Crippen molar-refractivity contribution in [2.45, 2.75) is 52.0 Å². The summed E-state index contributed by atoms with van der Waals surface area (Å²) in [5.74, 6) is -2.01. The molecule has 1 aliphatic heterocycles. The summed E-state index contributed by atoms with van der Waals surface area (Å²) in [6.07, 6.45) is 1.41. The quantitative estimate of drug-likeness (QED) is 0.222. The van der Waals surface area contributed by atoms with E-state index in [0.29, 0.717) is 37.3 Å². The molecule has 3 rings (SSSR count). The molecule has 0 spiro atoms. The minimum atomic E-state index is -1.40. The fourth-order valence-corrected chi connectivity index (χ4v) is 3.89. The van der Waals surface area contributed by atoms with E-state index in [2.05, 4.69) is 20.8 Å². The van der Waals surface area contributed by atoms with Gasteiger partial charge in [-0.2, -0.15) is 0 Å². The largest absolute Gasteiger partial charge is 0.547 e. The predicted octanol–water partition coefficient (Wildman–Crippen LogP) is 0.0105. The molecule has 1 aromatic carbocycles. The number of amides is 1. The first-order valence-corrected chi connectivity index (χ1v) is 12.2. The van der Waals surface area contributed by atoms with Crippen LogP contribution >= 0.6 is 0 Å². The highest BCUT2D eigenvalue weighted by molar-refractivity contribution is 6.47. The molecular formula is C23H33BN6O7. The zero-order chi connectivity index (χ0) is 26.9. The van der Waals surface area contributed by atoms with E-state index >= 15 is 0 Å². The lowest BCUT2D eigenvalue weighted by atomic mass is 9.72. The first-order chi connectivity index (χ1) is 17.7. The Bertz CT molecular complexity index is 1090. The van der Waals surface area contributed by atoms with E-state index in [-0.39, 0.29) is 36.0 Å². The van der Waals surface area contributed by atoms with Gasteiger partial charge in [-0.05, 0) is 55.4 Å². The van der Waals surface area contributed by atoms with Crippen molar-refractivity contribution < 1.29 is 33.5 Å². The fraction of sp³-hybridized carbons (Fsp3) is 0.565. The monoisotopic (exact) mass is 516 g/mol. The average molecular weight is 516 g/mol. The van der Waals surface area contributed by atoms with Gasteiger partial charge in [-0.25, -0.2) is 9.48 Å². The summed E-state index contributed by atoms with van der Waals surface area (Å²) in [5.41, 5.74) is 0.690. The van der Waals surface area contributed by atoms with E-state index in [1.54, 1.807) is 16.8 Å². The van der Waals surface area contributed by atoms with Crippen molar-refractivity contribution in [2.24, 2.45) is 5.92 Å². The van der Waals surface area contributed by atoms with Crippen LogP contribution in [-0.4, -0.2) is 88.5 Å². The molecule has 14 heteroatoms. The Kier molecular flexibility index (Phi) is 9.97. The van der Waals surface area contributed by atoms with Gasteiger partial charge in [0.25, 0.3) is 0 Å². The van der Waals surface area contributed by atoms with E-state index in [1.807, 2.05) is 32.8 Å². The average Bonchev–Trinajstić information content (AvgIpc) is 3.30. The Morgan fingerprint density at radius 2 is 2.03 bits per heavy atom. The van der Waals surface area contributed by atoms with Crippen molar-refractivity contribution in [2.75, 3.05) is 27.4 Å². The van der Waals surface area contributed by atoms with Gasteiger partial charge in [-0.1, -0.05) is 26.0 Å². The summed E-state index contributed by atoms with van der Waals surface area (Å²) in [5, 5.41) is 24.8. The highest BCUT2D eigenvalue weighted by Gasteiger charge is 2.38. The van der Waals surface area contributed by atoms with Crippen LogP contribution < -0.4 is 9.97 Å².